The number of ether oxygens (including phenoxy) is 1. The number of hydrogen-bond acceptors (Lipinski definition) is 6. The van der Waals surface area contributed by atoms with E-state index in [0.717, 1.165) is 31.4 Å². The molecule has 0 aromatic heterocycles. The maximum atomic E-state index is 12.4. The van der Waals surface area contributed by atoms with Crippen LogP contribution in [0.1, 0.15) is 41.6 Å². The number of carboxylic acids is 1. The SMILES string of the molecule is O=C(O)c1c(OC2CN(C(=O)CC3CCCCN3)C2)ccc2c1OB(O)CC2. The fourth-order valence-electron chi connectivity index (χ4n) is 4.05. The summed E-state index contributed by atoms with van der Waals surface area (Å²) in [5.74, 6) is -0.656. The van der Waals surface area contributed by atoms with Crippen molar-refractivity contribution < 1.29 is 29.1 Å². The molecule has 0 aliphatic carbocycles. The molecule has 1 unspecified atom stereocenters. The zero-order chi connectivity index (χ0) is 19.7. The molecule has 3 heterocycles. The van der Waals surface area contributed by atoms with Gasteiger partial charge in [0, 0.05) is 12.5 Å². The van der Waals surface area contributed by atoms with Crippen LogP contribution in [0.4, 0.5) is 0 Å². The lowest BCUT2D eigenvalue weighted by Gasteiger charge is -2.40. The highest BCUT2D eigenvalue weighted by Crippen LogP contribution is 2.37. The van der Waals surface area contributed by atoms with Crippen molar-refractivity contribution in [2.24, 2.45) is 0 Å². The molecule has 0 radical (unpaired) electrons. The molecule has 9 heteroatoms. The van der Waals surface area contributed by atoms with E-state index in [0.29, 0.717) is 32.3 Å². The van der Waals surface area contributed by atoms with Crippen LogP contribution in [0.2, 0.25) is 6.32 Å². The molecule has 3 aliphatic heterocycles. The van der Waals surface area contributed by atoms with E-state index < -0.39 is 13.1 Å². The lowest BCUT2D eigenvalue weighted by atomic mass is 9.78. The Balaban J connectivity index is 1.37. The minimum Gasteiger partial charge on any atom is -0.535 e. The number of piperidine rings is 1. The lowest BCUT2D eigenvalue weighted by molar-refractivity contribution is -0.140. The standard InChI is InChI=1S/C19H25BN2O6/c23-16(9-13-3-1-2-8-21-13)22-10-14(11-22)27-15-5-4-12-6-7-20(26)28-18(12)17(15)19(24)25/h4-5,13-14,21,26H,1-3,6-11H2,(H,24,25). The number of rotatable bonds is 5. The van der Waals surface area contributed by atoms with Gasteiger partial charge >= 0.3 is 13.1 Å². The molecule has 4 rings (SSSR count). The lowest BCUT2D eigenvalue weighted by Crippen LogP contribution is -2.57. The molecule has 150 valence electrons. The number of carbonyl (C=O) groups is 2. The van der Waals surface area contributed by atoms with Crippen LogP contribution in [0.25, 0.3) is 0 Å². The third-order valence-electron chi connectivity index (χ3n) is 5.66. The highest BCUT2D eigenvalue weighted by Gasteiger charge is 2.36. The fourth-order valence-corrected chi connectivity index (χ4v) is 4.05. The zero-order valence-corrected chi connectivity index (χ0v) is 15.7. The smallest absolute Gasteiger partial charge is 0.522 e. The van der Waals surface area contributed by atoms with Crippen molar-refractivity contribution in [3.05, 3.63) is 23.3 Å². The maximum Gasteiger partial charge on any atom is 0.522 e. The third kappa shape index (κ3) is 3.95. The Morgan fingerprint density at radius 1 is 1.32 bits per heavy atom. The first-order valence-corrected chi connectivity index (χ1v) is 9.93. The Morgan fingerprint density at radius 3 is 2.86 bits per heavy atom. The number of nitrogens with one attached hydrogen (secondary N) is 1. The molecule has 3 aliphatic rings. The molecule has 3 N–H and O–H groups in total. The van der Waals surface area contributed by atoms with Crippen LogP contribution in [-0.2, 0) is 11.2 Å². The number of benzene rings is 1. The van der Waals surface area contributed by atoms with Gasteiger partial charge in [0.15, 0.2) is 0 Å². The summed E-state index contributed by atoms with van der Waals surface area (Å²) in [6.45, 7) is 1.87. The quantitative estimate of drug-likeness (QED) is 0.644. The molecule has 1 aromatic carbocycles. The van der Waals surface area contributed by atoms with E-state index in [4.69, 9.17) is 9.39 Å². The van der Waals surface area contributed by atoms with Gasteiger partial charge in [-0.15, -0.1) is 0 Å². The molecule has 1 atom stereocenters. The van der Waals surface area contributed by atoms with Crippen LogP contribution in [-0.4, -0.2) is 65.8 Å². The summed E-state index contributed by atoms with van der Waals surface area (Å²) in [6, 6.07) is 3.67. The van der Waals surface area contributed by atoms with Gasteiger partial charge in [-0.25, -0.2) is 4.79 Å². The van der Waals surface area contributed by atoms with E-state index in [-0.39, 0.29) is 35.1 Å². The van der Waals surface area contributed by atoms with Crippen LogP contribution >= 0.6 is 0 Å². The van der Waals surface area contributed by atoms with Gasteiger partial charge in [-0.1, -0.05) is 12.5 Å². The van der Waals surface area contributed by atoms with Gasteiger partial charge in [0.05, 0.1) is 13.1 Å². The molecule has 1 amide bonds. The van der Waals surface area contributed by atoms with Crippen LogP contribution in [0.3, 0.4) is 0 Å². The average molecular weight is 388 g/mol. The number of carbonyl (C=O) groups excluding carboxylic acids is 1. The molecule has 2 fully saturated rings. The molecular formula is C19H25BN2O6. The molecule has 0 bridgehead atoms. The number of aromatic carboxylic acids is 1. The first-order chi connectivity index (χ1) is 13.5. The van der Waals surface area contributed by atoms with E-state index >= 15 is 0 Å². The number of fused-ring (bicyclic) bond motifs is 1. The van der Waals surface area contributed by atoms with Crippen LogP contribution in [0, 0.1) is 0 Å². The summed E-state index contributed by atoms with van der Waals surface area (Å²) in [6.07, 6.45) is 4.59. The number of hydrogen-bond donors (Lipinski definition) is 3. The summed E-state index contributed by atoms with van der Waals surface area (Å²) in [5.41, 5.74) is 0.688. The van der Waals surface area contributed by atoms with Gasteiger partial charge < -0.3 is 29.7 Å². The van der Waals surface area contributed by atoms with Gasteiger partial charge in [-0.2, -0.15) is 0 Å². The molecule has 8 nitrogen and oxygen atoms in total. The van der Waals surface area contributed by atoms with Crippen LogP contribution < -0.4 is 14.7 Å². The summed E-state index contributed by atoms with van der Waals surface area (Å²) in [7, 11) is -1.01. The predicted octanol–water partition coefficient (Wildman–Crippen LogP) is 0.922. The molecule has 0 saturated carbocycles. The van der Waals surface area contributed by atoms with Crippen molar-refractivity contribution >= 4 is 19.0 Å². The normalized spacial score (nSPS) is 22.1. The minimum atomic E-state index is -1.16. The van der Waals surface area contributed by atoms with Crippen LogP contribution in [0.15, 0.2) is 12.1 Å². The van der Waals surface area contributed by atoms with Crippen molar-refractivity contribution in [2.45, 2.75) is 50.6 Å². The first-order valence-electron chi connectivity index (χ1n) is 9.93. The van der Waals surface area contributed by atoms with Crippen molar-refractivity contribution in [2.75, 3.05) is 19.6 Å². The number of carboxylic acid groups (broad SMARTS) is 1. The molecular weight excluding hydrogens is 363 g/mol. The van der Waals surface area contributed by atoms with E-state index in [2.05, 4.69) is 5.32 Å². The maximum absolute atomic E-state index is 12.4. The summed E-state index contributed by atoms with van der Waals surface area (Å²) in [5, 5.41) is 22.7. The Morgan fingerprint density at radius 2 is 2.14 bits per heavy atom. The Bertz CT molecular complexity index is 761. The third-order valence-corrected chi connectivity index (χ3v) is 5.66. The van der Waals surface area contributed by atoms with Crippen LogP contribution in [0.5, 0.6) is 11.5 Å². The van der Waals surface area contributed by atoms with Gasteiger partial charge in [0.2, 0.25) is 5.91 Å². The molecule has 0 spiro atoms. The number of aryl methyl sites for hydroxylation is 1. The van der Waals surface area contributed by atoms with E-state index in [1.54, 1.807) is 17.0 Å². The topological polar surface area (TPSA) is 108 Å². The Hall–Kier alpha value is -2.26. The summed E-state index contributed by atoms with van der Waals surface area (Å²) in [4.78, 5) is 25.9. The van der Waals surface area contributed by atoms with E-state index in [1.807, 2.05) is 0 Å². The molecule has 1 aromatic rings. The van der Waals surface area contributed by atoms with E-state index in [9.17, 15) is 19.7 Å². The second kappa shape index (κ2) is 8.01. The van der Waals surface area contributed by atoms with Gasteiger partial charge in [-0.05, 0) is 43.8 Å². The average Bonchev–Trinajstić information content (AvgIpc) is 2.64. The highest BCUT2D eigenvalue weighted by atomic mass is 16.5. The Kier molecular flexibility index (Phi) is 5.46. The Labute approximate surface area is 163 Å². The molecule has 2 saturated heterocycles. The van der Waals surface area contributed by atoms with Crippen molar-refractivity contribution in [1.29, 1.82) is 0 Å². The zero-order valence-electron chi connectivity index (χ0n) is 15.7. The first kappa shape index (κ1) is 19.1. The highest BCUT2D eigenvalue weighted by molar-refractivity contribution is 6.44. The number of nitrogens with zero attached hydrogens (tertiary/aromatic N) is 1. The summed E-state index contributed by atoms with van der Waals surface area (Å²) >= 11 is 0. The predicted molar refractivity (Wildman–Crippen MR) is 102 cm³/mol. The largest absolute Gasteiger partial charge is 0.535 e. The van der Waals surface area contributed by atoms with Gasteiger partial charge in [0.1, 0.15) is 23.2 Å². The second-order valence-electron chi connectivity index (χ2n) is 7.73. The number of amides is 1. The number of likely N-dealkylation sites (tertiary alicyclic amines) is 1. The van der Waals surface area contributed by atoms with Crippen molar-refractivity contribution in [3.63, 3.8) is 0 Å². The van der Waals surface area contributed by atoms with Crippen molar-refractivity contribution in [3.8, 4) is 11.5 Å². The van der Waals surface area contributed by atoms with Crippen molar-refractivity contribution in [1.82, 2.24) is 10.2 Å². The fraction of sp³-hybridized carbons (Fsp3) is 0.579. The summed E-state index contributed by atoms with van der Waals surface area (Å²) < 4.78 is 11.2. The van der Waals surface area contributed by atoms with Gasteiger partial charge in [0.25, 0.3) is 0 Å². The van der Waals surface area contributed by atoms with E-state index in [1.165, 1.54) is 0 Å². The minimum absolute atomic E-state index is 0.0626. The molecule has 28 heavy (non-hydrogen) atoms. The second-order valence-corrected chi connectivity index (χ2v) is 7.73. The monoisotopic (exact) mass is 388 g/mol. The van der Waals surface area contributed by atoms with Gasteiger partial charge in [-0.3, -0.25) is 4.79 Å².